The van der Waals surface area contributed by atoms with Crippen LogP contribution in [0.2, 0.25) is 0 Å². The Hall–Kier alpha value is -3.20. The minimum absolute atomic E-state index is 0. The molecule has 0 saturated carbocycles. The van der Waals surface area contributed by atoms with Gasteiger partial charge in [-0.05, 0) is 72.5 Å². The summed E-state index contributed by atoms with van der Waals surface area (Å²) >= 11 is 3.41. The highest BCUT2D eigenvalue weighted by molar-refractivity contribution is 9.10. The number of aromatic nitrogens is 2. The SMILES string of the molecule is C.CCCCCCCCOc1ccc(-c2cccnc2)cc1.CCCCCCCCOc1ccc(Br)cc1.OB(O)c1cccnc1. The van der Waals surface area contributed by atoms with Gasteiger partial charge in [0.05, 0.1) is 13.2 Å². The van der Waals surface area contributed by atoms with E-state index in [-0.39, 0.29) is 7.43 Å². The summed E-state index contributed by atoms with van der Waals surface area (Å²) in [6.45, 7) is 6.15. The van der Waals surface area contributed by atoms with Gasteiger partial charge in [0.25, 0.3) is 0 Å². The quantitative estimate of drug-likeness (QED) is 0.0791. The topological polar surface area (TPSA) is 84.7 Å². The molecule has 0 amide bonds. The summed E-state index contributed by atoms with van der Waals surface area (Å²) in [6.07, 6.45) is 22.3. The second-order valence-electron chi connectivity index (χ2n) is 11.1. The molecule has 4 aromatic rings. The van der Waals surface area contributed by atoms with Gasteiger partial charge in [0.1, 0.15) is 11.5 Å². The van der Waals surface area contributed by atoms with Crippen molar-refractivity contribution in [1.82, 2.24) is 9.97 Å². The minimum Gasteiger partial charge on any atom is -0.494 e. The van der Waals surface area contributed by atoms with E-state index in [0.717, 1.165) is 41.2 Å². The Kier molecular flexibility index (Phi) is 24.8. The van der Waals surface area contributed by atoms with Gasteiger partial charge in [-0.15, -0.1) is 0 Å². The number of hydrogen-bond donors (Lipinski definition) is 2. The van der Waals surface area contributed by atoms with Crippen molar-refractivity contribution in [2.45, 2.75) is 98.3 Å². The molecule has 256 valence electrons. The highest BCUT2D eigenvalue weighted by Gasteiger charge is 2.08. The first-order chi connectivity index (χ1) is 22.5. The van der Waals surface area contributed by atoms with Crippen molar-refractivity contribution in [2.24, 2.45) is 0 Å². The van der Waals surface area contributed by atoms with Crippen LogP contribution in [-0.4, -0.2) is 40.3 Å². The summed E-state index contributed by atoms with van der Waals surface area (Å²) in [6, 6.07) is 23.6. The van der Waals surface area contributed by atoms with Crippen LogP contribution in [0, 0.1) is 0 Å². The molecule has 0 aliphatic rings. The van der Waals surface area contributed by atoms with E-state index in [0.29, 0.717) is 5.46 Å². The summed E-state index contributed by atoms with van der Waals surface area (Å²) in [5.74, 6) is 1.92. The third kappa shape index (κ3) is 20.6. The van der Waals surface area contributed by atoms with Crippen molar-refractivity contribution in [3.8, 4) is 22.6 Å². The molecule has 0 unspecified atom stereocenters. The smallest absolute Gasteiger partial charge is 0.490 e. The van der Waals surface area contributed by atoms with Gasteiger partial charge in [0.15, 0.2) is 0 Å². The molecular weight excluding hydrogens is 651 g/mol. The zero-order valence-corrected chi connectivity index (χ0v) is 29.3. The van der Waals surface area contributed by atoms with Crippen LogP contribution in [0.5, 0.6) is 11.5 Å². The molecule has 2 N–H and O–H groups in total. The van der Waals surface area contributed by atoms with E-state index in [1.807, 2.05) is 48.7 Å². The molecule has 0 atom stereocenters. The predicted molar refractivity (Wildman–Crippen MR) is 202 cm³/mol. The fourth-order valence-corrected chi connectivity index (χ4v) is 4.75. The molecule has 0 bridgehead atoms. The van der Waals surface area contributed by atoms with Crippen molar-refractivity contribution >= 4 is 28.5 Å². The minimum atomic E-state index is -1.40. The van der Waals surface area contributed by atoms with Crippen LogP contribution in [-0.2, 0) is 0 Å². The Morgan fingerprint density at radius 3 is 1.47 bits per heavy atom. The maximum Gasteiger partial charge on any atom is 0.490 e. The highest BCUT2D eigenvalue weighted by atomic mass is 79.9. The Morgan fingerprint density at radius 2 is 1.04 bits per heavy atom. The summed E-state index contributed by atoms with van der Waals surface area (Å²) in [5, 5.41) is 17.1. The van der Waals surface area contributed by atoms with Gasteiger partial charge in [-0.2, -0.15) is 0 Å². The summed E-state index contributed by atoms with van der Waals surface area (Å²) in [7, 11) is -1.40. The molecule has 0 radical (unpaired) electrons. The van der Waals surface area contributed by atoms with Crippen molar-refractivity contribution in [2.75, 3.05) is 13.2 Å². The highest BCUT2D eigenvalue weighted by Crippen LogP contribution is 2.22. The van der Waals surface area contributed by atoms with Gasteiger partial charge in [0, 0.05) is 34.7 Å². The first kappa shape index (κ1) is 41.8. The lowest BCUT2D eigenvalue weighted by atomic mass is 9.82. The van der Waals surface area contributed by atoms with Crippen LogP contribution in [0.4, 0.5) is 0 Å². The fraction of sp³-hybridized carbons (Fsp3) is 0.436. The van der Waals surface area contributed by atoms with E-state index < -0.39 is 7.12 Å². The summed E-state index contributed by atoms with van der Waals surface area (Å²) < 4.78 is 12.5. The molecule has 2 aromatic carbocycles. The first-order valence-electron chi connectivity index (χ1n) is 16.8. The number of benzene rings is 2. The second kappa shape index (κ2) is 27.9. The van der Waals surface area contributed by atoms with Crippen molar-refractivity contribution in [3.05, 3.63) is 102 Å². The van der Waals surface area contributed by atoms with Gasteiger partial charge in [0.2, 0.25) is 0 Å². The standard InChI is InChI=1S/C19H25NO.C14H21BrO.C5H6BNO2.CH4/c1-2-3-4-5-6-7-15-21-19-12-10-17(11-13-19)18-9-8-14-20-16-18;1-2-3-4-5-6-7-12-16-14-10-8-13(15)9-11-14;8-6(9)5-2-1-3-7-4-5;/h8-14,16H,2-7,15H2,1H3;8-11H,2-7,12H2,1H3;1-4,8-9H;1H4. The molecule has 8 heteroatoms. The zero-order chi connectivity index (χ0) is 33.1. The molecule has 0 aliphatic heterocycles. The third-order valence-electron chi connectivity index (χ3n) is 7.18. The number of hydrogen-bond acceptors (Lipinski definition) is 6. The molecular formula is C39H56BBrN2O4. The van der Waals surface area contributed by atoms with Crippen LogP contribution >= 0.6 is 15.9 Å². The maximum absolute atomic E-state index is 8.54. The molecule has 2 aromatic heterocycles. The van der Waals surface area contributed by atoms with Crippen molar-refractivity contribution in [3.63, 3.8) is 0 Å². The van der Waals surface area contributed by atoms with Crippen LogP contribution < -0.4 is 14.9 Å². The molecule has 0 saturated heterocycles. The van der Waals surface area contributed by atoms with Gasteiger partial charge >= 0.3 is 7.12 Å². The molecule has 4 rings (SSSR count). The van der Waals surface area contributed by atoms with Gasteiger partial charge < -0.3 is 19.5 Å². The van der Waals surface area contributed by atoms with E-state index in [1.54, 1.807) is 24.5 Å². The molecule has 47 heavy (non-hydrogen) atoms. The second-order valence-corrected chi connectivity index (χ2v) is 12.0. The number of pyridine rings is 2. The lowest BCUT2D eigenvalue weighted by Gasteiger charge is -2.07. The van der Waals surface area contributed by atoms with Gasteiger partial charge in [-0.25, -0.2) is 0 Å². The van der Waals surface area contributed by atoms with Crippen molar-refractivity contribution < 1.29 is 19.5 Å². The Morgan fingerprint density at radius 1 is 0.574 bits per heavy atom. The maximum atomic E-state index is 8.54. The van der Waals surface area contributed by atoms with E-state index in [2.05, 4.69) is 57.9 Å². The Balaban J connectivity index is 0.000000376. The van der Waals surface area contributed by atoms with E-state index in [1.165, 1.54) is 82.4 Å². The van der Waals surface area contributed by atoms with Gasteiger partial charge in [-0.3, -0.25) is 9.97 Å². The zero-order valence-electron chi connectivity index (χ0n) is 27.7. The normalized spacial score (nSPS) is 9.98. The van der Waals surface area contributed by atoms with Crippen LogP contribution in [0.3, 0.4) is 0 Å². The summed E-state index contributed by atoms with van der Waals surface area (Å²) in [5.41, 5.74) is 2.73. The van der Waals surface area contributed by atoms with E-state index >= 15 is 0 Å². The average Bonchev–Trinajstić information content (AvgIpc) is 3.10. The lowest BCUT2D eigenvalue weighted by molar-refractivity contribution is 0.304. The number of halogens is 1. The number of ether oxygens (including phenoxy) is 2. The monoisotopic (exact) mass is 706 g/mol. The molecule has 0 aliphatic carbocycles. The number of nitrogens with zero attached hydrogens (tertiary/aromatic N) is 2. The van der Waals surface area contributed by atoms with Crippen LogP contribution in [0.25, 0.3) is 11.1 Å². The first-order valence-corrected chi connectivity index (χ1v) is 17.6. The molecule has 0 fully saturated rings. The summed E-state index contributed by atoms with van der Waals surface area (Å²) in [4.78, 5) is 7.83. The largest absolute Gasteiger partial charge is 0.494 e. The average molecular weight is 708 g/mol. The molecule has 0 spiro atoms. The Labute approximate surface area is 293 Å². The molecule has 2 heterocycles. The fourth-order valence-electron chi connectivity index (χ4n) is 4.48. The van der Waals surface area contributed by atoms with Crippen LogP contribution in [0.15, 0.2) is 102 Å². The van der Waals surface area contributed by atoms with Gasteiger partial charge in [-0.1, -0.05) is 126 Å². The Bertz CT molecular complexity index is 1250. The van der Waals surface area contributed by atoms with E-state index in [4.69, 9.17) is 19.5 Å². The predicted octanol–water partition coefficient (Wildman–Crippen LogP) is 10.1. The molecule has 6 nitrogen and oxygen atoms in total. The third-order valence-corrected chi connectivity index (χ3v) is 7.71. The van der Waals surface area contributed by atoms with E-state index in [9.17, 15) is 0 Å². The lowest BCUT2D eigenvalue weighted by Crippen LogP contribution is -2.29. The van der Waals surface area contributed by atoms with Crippen molar-refractivity contribution in [1.29, 1.82) is 0 Å². The number of rotatable bonds is 18. The van der Waals surface area contributed by atoms with Crippen LogP contribution in [0.1, 0.15) is 98.3 Å². The number of unbranched alkanes of at least 4 members (excludes halogenated alkanes) is 10.